The Bertz CT molecular complexity index is 1510. The van der Waals surface area contributed by atoms with Gasteiger partial charge in [0.2, 0.25) is 0 Å². The van der Waals surface area contributed by atoms with Gasteiger partial charge < -0.3 is 39.5 Å². The van der Waals surface area contributed by atoms with Gasteiger partial charge in [0.15, 0.2) is 0 Å². The predicted octanol–water partition coefficient (Wildman–Crippen LogP) is 0.495. The van der Waals surface area contributed by atoms with Crippen LogP contribution >= 0.6 is 23.5 Å². The van der Waals surface area contributed by atoms with E-state index in [2.05, 4.69) is 36.4 Å². The van der Waals surface area contributed by atoms with E-state index in [9.17, 15) is 43.0 Å². The Labute approximate surface area is 243 Å². The molecule has 240 valence electrons. The first-order valence-electron chi connectivity index (χ1n) is 12.6. The van der Waals surface area contributed by atoms with Gasteiger partial charge in [-0.2, -0.15) is 8.62 Å². The average Bonchev–Trinajstić information content (AvgIpc) is 3.21. The zero-order chi connectivity index (χ0) is 31.8. The number of H-pyrrole nitrogens is 1. The van der Waals surface area contributed by atoms with Crippen LogP contribution in [0, 0.1) is 11.8 Å². The Balaban J connectivity index is 1.57. The molecule has 43 heavy (non-hydrogen) atoms. The van der Waals surface area contributed by atoms with Crippen LogP contribution in [0.5, 0.6) is 0 Å². The minimum Gasteiger partial charge on any atom is -0.446 e. The lowest BCUT2D eigenvalue weighted by Crippen LogP contribution is -2.34. The van der Waals surface area contributed by atoms with Gasteiger partial charge in [0.05, 0.1) is 19.3 Å². The van der Waals surface area contributed by atoms with E-state index in [0.29, 0.717) is 6.42 Å². The van der Waals surface area contributed by atoms with Crippen LogP contribution in [0.2, 0.25) is 0 Å². The van der Waals surface area contributed by atoms with Crippen molar-refractivity contribution in [3.05, 3.63) is 44.8 Å². The molecule has 3 rings (SSSR count). The van der Waals surface area contributed by atoms with Crippen molar-refractivity contribution in [2.45, 2.75) is 63.1 Å². The third kappa shape index (κ3) is 11.9. The number of aliphatic hydroxyl groups is 1. The summed E-state index contributed by atoms with van der Waals surface area (Å²) in [5, 5.41) is 12.7. The SMILES string of the molecule is O=C(NCC#Cc1cn([C@H]2C[C@H](O)[C@@H](COP(=O)(O)OP(=O)(O)OP(=O)(O)O)O2)c(=O)[nH]c1=O)OC1CC/C=C/CCC1. The standard InChI is InChI=1S/C21H30N3O16P3/c25-16-11-18(38-17(16)13-36-42(32,33)40-43(34,35)39-41(29,30)31)24-12-14(19(26)23-20(24)27)7-6-10-22-21(28)37-15-8-4-2-1-3-5-9-15/h1-2,12,15-18,25H,3-5,8-11,13H2,(H,22,28)(H,32,33)(H,34,35)(H,23,26,27)(H2,29,30,31)/b2-1+/t15?,16-,17+,18+/m0/s1. The number of aromatic nitrogens is 2. The molecule has 1 saturated heterocycles. The Kier molecular flexibility index (Phi) is 12.3. The number of nitrogens with one attached hydrogen (secondary N) is 2. The maximum atomic E-state index is 12.4. The van der Waals surface area contributed by atoms with E-state index in [0.717, 1.165) is 36.4 Å². The summed E-state index contributed by atoms with van der Waals surface area (Å²) in [6.07, 6.45) is 3.96. The normalized spacial score (nSPS) is 26.1. The third-order valence-corrected chi connectivity index (χ3v) is 9.64. The van der Waals surface area contributed by atoms with Crippen molar-refractivity contribution in [3.63, 3.8) is 0 Å². The summed E-state index contributed by atoms with van der Waals surface area (Å²) in [5.41, 5.74) is -1.99. The van der Waals surface area contributed by atoms with Gasteiger partial charge in [0.1, 0.15) is 24.0 Å². The van der Waals surface area contributed by atoms with Crippen molar-refractivity contribution < 1.29 is 65.8 Å². The van der Waals surface area contributed by atoms with E-state index in [1.165, 1.54) is 0 Å². The molecule has 19 nitrogen and oxygen atoms in total. The summed E-state index contributed by atoms with van der Waals surface area (Å²) in [6, 6.07) is 0. The highest BCUT2D eigenvalue weighted by Crippen LogP contribution is 2.66. The van der Waals surface area contributed by atoms with Crippen molar-refractivity contribution in [1.29, 1.82) is 0 Å². The number of aliphatic hydroxyl groups excluding tert-OH is 1. The molecule has 1 aliphatic carbocycles. The molecule has 6 atom stereocenters. The zero-order valence-electron chi connectivity index (χ0n) is 22.2. The number of aromatic amines is 1. The van der Waals surface area contributed by atoms with Crippen molar-refractivity contribution >= 4 is 29.6 Å². The monoisotopic (exact) mass is 673 g/mol. The first-order valence-corrected chi connectivity index (χ1v) is 17.1. The van der Waals surface area contributed by atoms with Crippen LogP contribution in [0.25, 0.3) is 0 Å². The molecule has 0 spiro atoms. The molecule has 0 radical (unpaired) electrons. The van der Waals surface area contributed by atoms with Gasteiger partial charge >= 0.3 is 35.3 Å². The number of rotatable bonds is 10. The van der Waals surface area contributed by atoms with E-state index in [1.807, 2.05) is 11.1 Å². The molecule has 2 heterocycles. The maximum absolute atomic E-state index is 12.4. The summed E-state index contributed by atoms with van der Waals surface area (Å²) in [4.78, 5) is 74.6. The summed E-state index contributed by atoms with van der Waals surface area (Å²) in [7, 11) is -16.8. The summed E-state index contributed by atoms with van der Waals surface area (Å²) in [6.45, 7) is -1.13. The van der Waals surface area contributed by atoms with E-state index in [1.54, 1.807) is 0 Å². The minimum atomic E-state index is -5.75. The number of phosphoric ester groups is 1. The molecule has 22 heteroatoms. The summed E-state index contributed by atoms with van der Waals surface area (Å²) in [5.74, 6) is 5.07. The number of nitrogens with zero attached hydrogens (tertiary/aromatic N) is 1. The molecule has 7 N–H and O–H groups in total. The highest BCUT2D eigenvalue weighted by molar-refractivity contribution is 7.66. The number of allylic oxidation sites excluding steroid dienone is 2. The Hall–Kier alpha value is -2.42. The number of amides is 1. The number of carbonyl (C=O) groups is 1. The van der Waals surface area contributed by atoms with Crippen LogP contribution in [-0.2, 0) is 36.3 Å². The van der Waals surface area contributed by atoms with Crippen molar-refractivity contribution in [2.24, 2.45) is 0 Å². The molecular weight excluding hydrogens is 643 g/mol. The summed E-state index contributed by atoms with van der Waals surface area (Å²) < 4.78 is 57.4. The van der Waals surface area contributed by atoms with Crippen molar-refractivity contribution in [3.8, 4) is 11.8 Å². The predicted molar refractivity (Wildman–Crippen MR) is 143 cm³/mol. The lowest BCUT2D eigenvalue weighted by atomic mass is 10.0. The highest BCUT2D eigenvalue weighted by Gasteiger charge is 2.43. The second-order valence-corrected chi connectivity index (χ2v) is 13.6. The molecule has 1 aromatic rings. The second-order valence-electron chi connectivity index (χ2n) is 9.19. The second kappa shape index (κ2) is 15.0. The Morgan fingerprint density at radius 3 is 2.53 bits per heavy atom. The molecule has 2 aliphatic rings. The van der Waals surface area contributed by atoms with Crippen LogP contribution in [-0.4, -0.2) is 71.8 Å². The quantitative estimate of drug-likeness (QED) is 0.101. The van der Waals surface area contributed by atoms with Crippen molar-refractivity contribution in [2.75, 3.05) is 13.2 Å². The first-order chi connectivity index (χ1) is 20.0. The van der Waals surface area contributed by atoms with Crippen molar-refractivity contribution in [1.82, 2.24) is 14.9 Å². The van der Waals surface area contributed by atoms with Gasteiger partial charge in [-0.15, -0.1) is 0 Å². The number of hydrogen-bond acceptors (Lipinski definition) is 12. The van der Waals surface area contributed by atoms with E-state index in [-0.39, 0.29) is 24.6 Å². The molecule has 3 unspecified atom stereocenters. The molecule has 0 aromatic carbocycles. The van der Waals surface area contributed by atoms with E-state index in [4.69, 9.17) is 19.3 Å². The van der Waals surface area contributed by atoms with E-state index < -0.39 is 65.9 Å². The molecule has 0 saturated carbocycles. The smallest absolute Gasteiger partial charge is 0.446 e. The first kappa shape index (κ1) is 35.1. The van der Waals surface area contributed by atoms with Gasteiger partial charge in [-0.3, -0.25) is 18.9 Å². The molecule has 1 amide bonds. The number of ether oxygens (including phenoxy) is 2. The fourth-order valence-electron chi connectivity index (χ4n) is 3.99. The molecular formula is C21H30N3O16P3. The summed E-state index contributed by atoms with van der Waals surface area (Å²) >= 11 is 0. The maximum Gasteiger partial charge on any atom is 0.490 e. The highest BCUT2D eigenvalue weighted by atomic mass is 31.3. The van der Waals surface area contributed by atoms with Crippen LogP contribution < -0.4 is 16.6 Å². The molecule has 0 bridgehead atoms. The van der Waals surface area contributed by atoms with Gasteiger partial charge in [-0.1, -0.05) is 24.0 Å². The number of carbonyl (C=O) groups excluding carboxylic acids is 1. The fourth-order valence-corrected chi connectivity index (χ4v) is 7.02. The molecule has 1 aliphatic heterocycles. The number of phosphoric acid groups is 3. The lowest BCUT2D eigenvalue weighted by molar-refractivity contribution is -0.0450. The fraction of sp³-hybridized carbons (Fsp3) is 0.571. The number of hydrogen-bond donors (Lipinski definition) is 7. The van der Waals surface area contributed by atoms with Gasteiger partial charge in [0.25, 0.3) is 5.56 Å². The van der Waals surface area contributed by atoms with Crippen LogP contribution in [0.4, 0.5) is 4.79 Å². The Morgan fingerprint density at radius 2 is 1.81 bits per heavy atom. The van der Waals surface area contributed by atoms with Gasteiger partial charge in [0, 0.05) is 12.6 Å². The average molecular weight is 673 g/mol. The van der Waals surface area contributed by atoms with Crippen LogP contribution in [0.15, 0.2) is 27.9 Å². The zero-order valence-corrected chi connectivity index (χ0v) is 24.9. The minimum absolute atomic E-state index is 0.175. The van der Waals surface area contributed by atoms with Gasteiger partial charge in [-0.05, 0) is 32.1 Å². The molecule has 1 aromatic heterocycles. The third-order valence-electron chi connectivity index (χ3n) is 5.84. The largest absolute Gasteiger partial charge is 0.490 e. The van der Waals surface area contributed by atoms with E-state index >= 15 is 0 Å². The molecule has 1 fully saturated rings. The van der Waals surface area contributed by atoms with Gasteiger partial charge in [-0.25, -0.2) is 23.3 Å². The van der Waals surface area contributed by atoms with Crippen LogP contribution in [0.1, 0.15) is 50.3 Å². The Morgan fingerprint density at radius 1 is 1.09 bits per heavy atom. The number of alkyl carbamates (subject to hydrolysis) is 1. The van der Waals surface area contributed by atoms with Crippen LogP contribution in [0.3, 0.4) is 0 Å². The lowest BCUT2D eigenvalue weighted by Gasteiger charge is -2.19. The topological polar surface area (TPSA) is 282 Å².